The summed E-state index contributed by atoms with van der Waals surface area (Å²) in [6.45, 7) is 4.26. The van der Waals surface area contributed by atoms with Crippen LogP contribution in [-0.2, 0) is 4.79 Å². The van der Waals surface area contributed by atoms with Crippen molar-refractivity contribution < 1.29 is 9.53 Å². The number of carbonyl (C=O) groups excluding carboxylic acids is 1. The summed E-state index contributed by atoms with van der Waals surface area (Å²) in [5.41, 5.74) is 1.76. The molecule has 0 spiro atoms. The van der Waals surface area contributed by atoms with Crippen LogP contribution in [0, 0.1) is 11.3 Å². The fourth-order valence-corrected chi connectivity index (χ4v) is 3.57. The molecular formula is C19H20ClNO2. The van der Waals surface area contributed by atoms with Gasteiger partial charge in [-0.3, -0.25) is 4.79 Å². The summed E-state index contributed by atoms with van der Waals surface area (Å²) in [6.07, 6.45) is 0. The number of carbonyl (C=O) groups is 1. The maximum Gasteiger partial charge on any atom is 0.228 e. The predicted octanol–water partition coefficient (Wildman–Crippen LogP) is 4.73. The highest BCUT2D eigenvalue weighted by Gasteiger charge is 2.62. The average Bonchev–Trinajstić information content (AvgIpc) is 3.11. The van der Waals surface area contributed by atoms with E-state index in [1.807, 2.05) is 18.2 Å². The smallest absolute Gasteiger partial charge is 0.228 e. The standard InChI is InChI=1S/C19H20ClNO2/c1-19(2)16(12-7-5-4-6-8-12)17(19)18(22)21-14-11-13(20)9-10-15(14)23-3/h4-11,16-17H,1-3H3,(H,21,22)/t16-,17+/m0/s1. The number of amides is 1. The number of ether oxygens (including phenoxy) is 1. The van der Waals surface area contributed by atoms with Crippen LogP contribution >= 0.6 is 11.6 Å². The Morgan fingerprint density at radius 2 is 1.87 bits per heavy atom. The van der Waals surface area contributed by atoms with Crippen molar-refractivity contribution in [2.75, 3.05) is 12.4 Å². The fourth-order valence-electron chi connectivity index (χ4n) is 3.40. The molecule has 1 N–H and O–H groups in total. The van der Waals surface area contributed by atoms with Gasteiger partial charge in [0.05, 0.1) is 18.7 Å². The lowest BCUT2D eigenvalue weighted by atomic mass is 10.0. The van der Waals surface area contributed by atoms with Crippen LogP contribution in [0.3, 0.4) is 0 Å². The van der Waals surface area contributed by atoms with Crippen molar-refractivity contribution in [2.45, 2.75) is 19.8 Å². The Morgan fingerprint density at radius 3 is 2.52 bits per heavy atom. The molecule has 1 fully saturated rings. The van der Waals surface area contributed by atoms with Crippen LogP contribution in [0.2, 0.25) is 5.02 Å². The molecule has 0 unspecified atom stereocenters. The number of methoxy groups -OCH3 is 1. The number of rotatable bonds is 4. The Balaban J connectivity index is 1.81. The van der Waals surface area contributed by atoms with Gasteiger partial charge < -0.3 is 10.1 Å². The third-order valence-electron chi connectivity index (χ3n) is 4.69. The molecule has 0 aliphatic heterocycles. The minimum atomic E-state index is -0.0615. The van der Waals surface area contributed by atoms with E-state index in [-0.39, 0.29) is 23.2 Å². The molecule has 2 aromatic rings. The third-order valence-corrected chi connectivity index (χ3v) is 4.92. The maximum atomic E-state index is 12.7. The summed E-state index contributed by atoms with van der Waals surface area (Å²) in [4.78, 5) is 12.7. The first-order valence-electron chi connectivity index (χ1n) is 7.64. The lowest BCUT2D eigenvalue weighted by molar-refractivity contribution is -0.118. The Morgan fingerprint density at radius 1 is 1.17 bits per heavy atom. The van der Waals surface area contributed by atoms with Gasteiger partial charge in [-0.1, -0.05) is 55.8 Å². The van der Waals surface area contributed by atoms with Crippen molar-refractivity contribution in [3.8, 4) is 5.75 Å². The Kier molecular flexibility index (Phi) is 4.07. The summed E-state index contributed by atoms with van der Waals surface area (Å²) in [5, 5.41) is 3.54. The lowest BCUT2D eigenvalue weighted by Gasteiger charge is -2.11. The molecule has 4 heteroatoms. The van der Waals surface area contributed by atoms with Gasteiger partial charge in [-0.05, 0) is 29.2 Å². The van der Waals surface area contributed by atoms with Gasteiger partial charge in [0.25, 0.3) is 0 Å². The second kappa shape index (κ2) is 5.89. The number of anilines is 1. The van der Waals surface area contributed by atoms with Gasteiger partial charge in [0.15, 0.2) is 0 Å². The summed E-state index contributed by atoms with van der Waals surface area (Å²) < 4.78 is 5.29. The van der Waals surface area contributed by atoms with Gasteiger partial charge in [0.1, 0.15) is 5.75 Å². The zero-order valence-corrected chi connectivity index (χ0v) is 14.2. The van der Waals surface area contributed by atoms with Gasteiger partial charge >= 0.3 is 0 Å². The first-order chi connectivity index (χ1) is 10.9. The van der Waals surface area contributed by atoms with Crippen LogP contribution in [-0.4, -0.2) is 13.0 Å². The molecule has 0 radical (unpaired) electrons. The molecule has 3 rings (SSSR count). The molecule has 23 heavy (non-hydrogen) atoms. The number of nitrogens with one attached hydrogen (secondary N) is 1. The molecule has 1 aliphatic carbocycles. The highest BCUT2D eigenvalue weighted by molar-refractivity contribution is 6.31. The van der Waals surface area contributed by atoms with Gasteiger partial charge in [-0.15, -0.1) is 0 Å². The Labute approximate surface area is 141 Å². The van der Waals surface area contributed by atoms with Crippen molar-refractivity contribution in [2.24, 2.45) is 11.3 Å². The summed E-state index contributed by atoms with van der Waals surface area (Å²) in [6, 6.07) is 15.4. The average molecular weight is 330 g/mol. The van der Waals surface area contributed by atoms with Crippen molar-refractivity contribution in [1.82, 2.24) is 0 Å². The summed E-state index contributed by atoms with van der Waals surface area (Å²) >= 11 is 6.03. The van der Waals surface area contributed by atoms with Crippen LogP contribution in [0.1, 0.15) is 25.3 Å². The fraction of sp³-hybridized carbons (Fsp3) is 0.316. The van der Waals surface area contributed by atoms with Crippen LogP contribution < -0.4 is 10.1 Å². The molecule has 0 heterocycles. The van der Waals surface area contributed by atoms with Crippen LogP contribution in [0.5, 0.6) is 5.75 Å². The van der Waals surface area contributed by atoms with Crippen molar-refractivity contribution in [3.63, 3.8) is 0 Å². The summed E-state index contributed by atoms with van der Waals surface area (Å²) in [7, 11) is 1.58. The van der Waals surface area contributed by atoms with E-state index in [0.29, 0.717) is 16.5 Å². The molecule has 1 saturated carbocycles. The zero-order valence-electron chi connectivity index (χ0n) is 13.5. The number of halogens is 1. The largest absolute Gasteiger partial charge is 0.495 e. The lowest BCUT2D eigenvalue weighted by Crippen LogP contribution is -2.17. The quantitative estimate of drug-likeness (QED) is 0.880. The minimum absolute atomic E-state index is 0.00409. The molecule has 0 saturated heterocycles. The van der Waals surface area contributed by atoms with E-state index in [0.717, 1.165) is 0 Å². The van der Waals surface area contributed by atoms with Crippen LogP contribution in [0.25, 0.3) is 0 Å². The second-order valence-corrected chi connectivity index (χ2v) is 6.96. The number of benzene rings is 2. The third kappa shape index (κ3) is 2.93. The van der Waals surface area contributed by atoms with Gasteiger partial charge in [-0.25, -0.2) is 0 Å². The van der Waals surface area contributed by atoms with Crippen molar-refractivity contribution in [3.05, 3.63) is 59.1 Å². The van der Waals surface area contributed by atoms with Crippen molar-refractivity contribution >= 4 is 23.2 Å². The van der Waals surface area contributed by atoms with Gasteiger partial charge in [0.2, 0.25) is 5.91 Å². The molecule has 2 atom stereocenters. The van der Waals surface area contributed by atoms with E-state index in [4.69, 9.17) is 16.3 Å². The minimum Gasteiger partial charge on any atom is -0.495 e. The van der Waals surface area contributed by atoms with E-state index in [2.05, 4.69) is 31.3 Å². The monoisotopic (exact) mass is 329 g/mol. The molecule has 0 bridgehead atoms. The topological polar surface area (TPSA) is 38.3 Å². The molecule has 2 aromatic carbocycles. The van der Waals surface area contributed by atoms with E-state index >= 15 is 0 Å². The number of hydrogen-bond donors (Lipinski definition) is 1. The highest BCUT2D eigenvalue weighted by atomic mass is 35.5. The molecule has 1 amide bonds. The first kappa shape index (κ1) is 15.9. The van der Waals surface area contributed by atoms with Crippen molar-refractivity contribution in [1.29, 1.82) is 0 Å². The van der Waals surface area contributed by atoms with E-state index in [9.17, 15) is 4.79 Å². The second-order valence-electron chi connectivity index (χ2n) is 6.52. The molecule has 0 aromatic heterocycles. The maximum absolute atomic E-state index is 12.7. The Hall–Kier alpha value is -2.00. The van der Waals surface area contributed by atoms with Gasteiger partial charge in [-0.2, -0.15) is 0 Å². The predicted molar refractivity (Wildman–Crippen MR) is 93.1 cm³/mol. The van der Waals surface area contributed by atoms with E-state index in [1.165, 1.54) is 5.56 Å². The zero-order chi connectivity index (χ0) is 16.6. The summed E-state index contributed by atoms with van der Waals surface area (Å²) in [5.74, 6) is 0.782. The highest BCUT2D eigenvalue weighted by Crippen LogP contribution is 2.64. The Bertz CT molecular complexity index is 727. The first-order valence-corrected chi connectivity index (χ1v) is 8.02. The molecule has 1 aliphatic rings. The van der Waals surface area contributed by atoms with Crippen LogP contribution in [0.4, 0.5) is 5.69 Å². The molecule has 3 nitrogen and oxygen atoms in total. The molecule has 120 valence electrons. The van der Waals surface area contributed by atoms with Crippen LogP contribution in [0.15, 0.2) is 48.5 Å². The normalized spacial score (nSPS) is 21.6. The van der Waals surface area contributed by atoms with E-state index in [1.54, 1.807) is 25.3 Å². The SMILES string of the molecule is COc1ccc(Cl)cc1NC(=O)[C@H]1[C@H](c2ccccc2)C1(C)C. The molecular weight excluding hydrogens is 310 g/mol. The van der Waals surface area contributed by atoms with E-state index < -0.39 is 0 Å². The van der Waals surface area contributed by atoms with Gasteiger partial charge in [0, 0.05) is 10.9 Å². The number of hydrogen-bond acceptors (Lipinski definition) is 2.